The Morgan fingerprint density at radius 3 is 2.52 bits per heavy atom. The molecular weight excluding hydrogens is 314 g/mol. The molecule has 0 saturated heterocycles. The summed E-state index contributed by atoms with van der Waals surface area (Å²) in [4.78, 5) is 16.9. The van der Waals surface area contributed by atoms with E-state index in [4.69, 9.17) is 4.74 Å². The fourth-order valence-corrected chi connectivity index (χ4v) is 2.80. The number of imidazole rings is 1. The molecule has 0 unspecified atom stereocenters. The number of hydrogen-bond acceptors (Lipinski definition) is 3. The van der Waals surface area contributed by atoms with Crippen molar-refractivity contribution in [3.8, 4) is 11.3 Å². The highest BCUT2D eigenvalue weighted by Crippen LogP contribution is 2.31. The Hall–Kier alpha value is -2.82. The van der Waals surface area contributed by atoms with Crippen molar-refractivity contribution < 1.29 is 9.53 Å². The second kappa shape index (κ2) is 6.24. The Kier molecular flexibility index (Phi) is 4.25. The van der Waals surface area contributed by atoms with Gasteiger partial charge in [-0.25, -0.2) is 9.78 Å². The van der Waals surface area contributed by atoms with Gasteiger partial charge < -0.3 is 4.74 Å². The van der Waals surface area contributed by atoms with Crippen molar-refractivity contribution in [3.63, 3.8) is 0 Å². The average Bonchev–Trinajstić information content (AvgIpc) is 2.84. The summed E-state index contributed by atoms with van der Waals surface area (Å²) in [6, 6.07) is 14.0. The van der Waals surface area contributed by atoms with Crippen LogP contribution in [-0.2, 0) is 4.74 Å². The fraction of sp³-hybridized carbons (Fsp3) is 0.300. The summed E-state index contributed by atoms with van der Waals surface area (Å²) in [5.41, 5.74) is 4.24. The average molecular weight is 337 g/mol. The molecule has 0 bridgehead atoms. The fourth-order valence-electron chi connectivity index (χ4n) is 2.80. The Bertz CT molecular complexity index is 936. The van der Waals surface area contributed by atoms with Gasteiger partial charge in [-0.2, -0.15) is 0 Å². The van der Waals surface area contributed by atoms with Gasteiger partial charge in [0.15, 0.2) is 5.82 Å². The van der Waals surface area contributed by atoms with Crippen LogP contribution in [0.2, 0.25) is 0 Å². The van der Waals surface area contributed by atoms with Crippen molar-refractivity contribution in [2.24, 2.45) is 0 Å². The molecule has 0 spiro atoms. The van der Waals surface area contributed by atoms with Crippen LogP contribution in [0.25, 0.3) is 16.9 Å². The minimum atomic E-state index is -0.567. The monoisotopic (exact) mass is 337 g/mol. The van der Waals surface area contributed by atoms with Crippen LogP contribution < -0.4 is 5.32 Å². The van der Waals surface area contributed by atoms with Gasteiger partial charge in [0.1, 0.15) is 11.2 Å². The number of ether oxygens (including phenoxy) is 1. The van der Waals surface area contributed by atoms with Gasteiger partial charge in [0.25, 0.3) is 0 Å². The van der Waals surface area contributed by atoms with Crippen LogP contribution in [0.5, 0.6) is 0 Å². The van der Waals surface area contributed by atoms with Gasteiger partial charge in [0, 0.05) is 11.3 Å². The molecule has 130 valence electrons. The molecule has 0 aliphatic heterocycles. The first-order valence-electron chi connectivity index (χ1n) is 8.30. The minimum absolute atomic E-state index is 0.495. The molecule has 0 aliphatic rings. The van der Waals surface area contributed by atoms with E-state index >= 15 is 0 Å². The van der Waals surface area contributed by atoms with E-state index in [2.05, 4.69) is 16.4 Å². The lowest BCUT2D eigenvalue weighted by Gasteiger charge is -2.19. The molecule has 3 rings (SSSR count). The summed E-state index contributed by atoms with van der Waals surface area (Å²) >= 11 is 0. The van der Waals surface area contributed by atoms with Crippen LogP contribution in [0.3, 0.4) is 0 Å². The van der Waals surface area contributed by atoms with Gasteiger partial charge in [0.2, 0.25) is 0 Å². The van der Waals surface area contributed by atoms with E-state index in [1.807, 2.05) is 75.4 Å². The number of nitrogens with one attached hydrogen (secondary N) is 1. The predicted octanol–water partition coefficient (Wildman–Crippen LogP) is 4.97. The van der Waals surface area contributed by atoms with Gasteiger partial charge in [-0.15, -0.1) is 0 Å². The van der Waals surface area contributed by atoms with E-state index in [-0.39, 0.29) is 0 Å². The van der Waals surface area contributed by atoms with Gasteiger partial charge in [-0.3, -0.25) is 9.72 Å². The van der Waals surface area contributed by atoms with E-state index in [9.17, 15) is 4.79 Å². The maximum absolute atomic E-state index is 12.3. The molecule has 5 heteroatoms. The number of hydrogen-bond donors (Lipinski definition) is 1. The van der Waals surface area contributed by atoms with Crippen molar-refractivity contribution in [2.45, 2.75) is 40.2 Å². The zero-order valence-corrected chi connectivity index (χ0v) is 15.3. The first-order valence-corrected chi connectivity index (χ1v) is 8.30. The molecule has 0 fully saturated rings. The number of carbonyl (C=O) groups is 1. The van der Waals surface area contributed by atoms with Gasteiger partial charge in [0.05, 0.1) is 5.69 Å². The number of nitrogens with zero attached hydrogens (tertiary/aromatic N) is 2. The van der Waals surface area contributed by atoms with Crippen LogP contribution >= 0.6 is 0 Å². The number of anilines is 1. The molecule has 1 amide bonds. The van der Waals surface area contributed by atoms with E-state index < -0.39 is 11.7 Å². The largest absolute Gasteiger partial charge is 0.444 e. The molecule has 0 atom stereocenters. The van der Waals surface area contributed by atoms with Crippen molar-refractivity contribution >= 4 is 17.6 Å². The lowest BCUT2D eigenvalue weighted by atomic mass is 10.1. The highest BCUT2D eigenvalue weighted by molar-refractivity contribution is 5.90. The Morgan fingerprint density at radius 2 is 1.84 bits per heavy atom. The highest BCUT2D eigenvalue weighted by atomic mass is 16.6. The van der Waals surface area contributed by atoms with E-state index in [1.54, 1.807) is 0 Å². The summed E-state index contributed by atoms with van der Waals surface area (Å²) in [5, 5.41) is 2.81. The molecule has 2 heterocycles. The number of aryl methyl sites for hydroxylation is 2. The standard InChI is InChI=1S/C20H23N3O2/c1-13-8-6-10-15(12-13)17-18(22-19(24)25-20(3,4)5)21-16-11-7-9-14(2)23(16)17/h6-12H,1-5H3,(H,22,24). The topological polar surface area (TPSA) is 55.6 Å². The third-order valence-corrected chi connectivity index (χ3v) is 3.75. The SMILES string of the molecule is Cc1cccc(-c2c(NC(=O)OC(C)(C)C)nc3cccc(C)n23)c1. The predicted molar refractivity (Wildman–Crippen MR) is 100.0 cm³/mol. The molecule has 0 saturated carbocycles. The summed E-state index contributed by atoms with van der Waals surface area (Å²) < 4.78 is 7.43. The van der Waals surface area contributed by atoms with Crippen LogP contribution in [0.15, 0.2) is 42.5 Å². The summed E-state index contributed by atoms with van der Waals surface area (Å²) in [5.74, 6) is 0.495. The van der Waals surface area contributed by atoms with E-state index in [1.165, 1.54) is 0 Å². The molecule has 0 aliphatic carbocycles. The second-order valence-corrected chi connectivity index (χ2v) is 7.17. The Morgan fingerprint density at radius 1 is 1.12 bits per heavy atom. The zero-order chi connectivity index (χ0) is 18.2. The minimum Gasteiger partial charge on any atom is -0.444 e. The number of rotatable bonds is 2. The van der Waals surface area contributed by atoms with Crippen molar-refractivity contribution in [3.05, 3.63) is 53.7 Å². The Balaban J connectivity index is 2.13. The van der Waals surface area contributed by atoms with Gasteiger partial charge >= 0.3 is 6.09 Å². The van der Waals surface area contributed by atoms with Gasteiger partial charge in [-0.05, 0) is 52.8 Å². The molecule has 2 aromatic heterocycles. The van der Waals surface area contributed by atoms with Gasteiger partial charge in [-0.1, -0.05) is 29.8 Å². The molecule has 25 heavy (non-hydrogen) atoms. The van der Waals surface area contributed by atoms with Crippen molar-refractivity contribution in [1.82, 2.24) is 9.38 Å². The molecule has 1 N–H and O–H groups in total. The van der Waals surface area contributed by atoms with Crippen LogP contribution in [0.1, 0.15) is 32.0 Å². The number of carbonyl (C=O) groups excluding carboxylic acids is 1. The first kappa shape index (κ1) is 17.0. The summed E-state index contributed by atoms with van der Waals surface area (Å²) in [7, 11) is 0. The van der Waals surface area contributed by atoms with Crippen LogP contribution in [0.4, 0.5) is 10.6 Å². The second-order valence-electron chi connectivity index (χ2n) is 7.17. The number of fused-ring (bicyclic) bond motifs is 1. The lowest BCUT2D eigenvalue weighted by molar-refractivity contribution is 0.0635. The summed E-state index contributed by atoms with van der Waals surface area (Å²) in [6.45, 7) is 9.57. The van der Waals surface area contributed by atoms with Crippen LogP contribution in [0, 0.1) is 13.8 Å². The molecule has 0 radical (unpaired) electrons. The first-order chi connectivity index (χ1) is 11.7. The zero-order valence-electron chi connectivity index (χ0n) is 15.3. The third-order valence-electron chi connectivity index (χ3n) is 3.75. The number of benzene rings is 1. The number of aromatic nitrogens is 2. The summed E-state index contributed by atoms with van der Waals surface area (Å²) in [6.07, 6.45) is -0.512. The lowest BCUT2D eigenvalue weighted by Crippen LogP contribution is -2.27. The van der Waals surface area contributed by atoms with Crippen molar-refractivity contribution in [2.75, 3.05) is 5.32 Å². The Labute approximate surface area is 147 Å². The number of pyridine rings is 1. The maximum Gasteiger partial charge on any atom is 0.413 e. The molecular formula is C20H23N3O2. The normalized spacial score (nSPS) is 11.6. The number of amides is 1. The quantitative estimate of drug-likeness (QED) is 0.718. The highest BCUT2D eigenvalue weighted by Gasteiger charge is 2.21. The van der Waals surface area contributed by atoms with E-state index in [0.717, 1.165) is 28.2 Å². The van der Waals surface area contributed by atoms with E-state index in [0.29, 0.717) is 5.82 Å². The molecule has 1 aromatic carbocycles. The maximum atomic E-state index is 12.3. The third kappa shape index (κ3) is 3.65. The van der Waals surface area contributed by atoms with Crippen molar-refractivity contribution in [1.29, 1.82) is 0 Å². The van der Waals surface area contributed by atoms with Crippen LogP contribution in [-0.4, -0.2) is 21.1 Å². The molecule has 5 nitrogen and oxygen atoms in total. The molecule has 3 aromatic rings. The smallest absolute Gasteiger partial charge is 0.413 e.